The van der Waals surface area contributed by atoms with Crippen LogP contribution in [0.15, 0.2) is 36.4 Å². The highest BCUT2D eigenvalue weighted by atomic mass is 31.2. The molecule has 0 heterocycles. The highest BCUT2D eigenvalue weighted by Crippen LogP contribution is 2.50. The Balaban J connectivity index is 2.45. The summed E-state index contributed by atoms with van der Waals surface area (Å²) in [7, 11) is -1.92. The molecular weight excluding hydrogens is 728 g/mol. The van der Waals surface area contributed by atoms with E-state index in [1.165, 1.54) is 50.1 Å². The number of hydrogen-bond donors (Lipinski definition) is 0. The Kier molecular flexibility index (Phi) is 20.2. The van der Waals surface area contributed by atoms with Gasteiger partial charge >= 0.3 is 8.60 Å². The van der Waals surface area contributed by atoms with E-state index in [1.807, 2.05) is 0 Å². The summed E-state index contributed by atoms with van der Waals surface area (Å²) in [5.41, 5.74) is 11.9. The van der Waals surface area contributed by atoms with Crippen molar-refractivity contribution in [2.24, 2.45) is 53.3 Å². The highest BCUT2D eigenvalue weighted by molar-refractivity contribution is 7.43. The lowest BCUT2D eigenvalue weighted by atomic mass is 9.91. The zero-order valence-corrected chi connectivity index (χ0v) is 41.6. The van der Waals surface area contributed by atoms with Gasteiger partial charge in [0.15, 0.2) is 0 Å². The predicted octanol–water partition coefficient (Wildman–Crippen LogP) is 16.2. The van der Waals surface area contributed by atoms with Gasteiger partial charge in [-0.1, -0.05) is 161 Å². The number of rotatable bonds is 24. The molecule has 0 N–H and O–H groups in total. The average molecular weight is 815 g/mol. The third-order valence-corrected chi connectivity index (χ3v) is 11.1. The van der Waals surface area contributed by atoms with Crippen LogP contribution in [0.3, 0.4) is 0 Å². The number of hydrogen-bond acceptors (Lipinski definition) is 3. The van der Waals surface area contributed by atoms with Gasteiger partial charge in [-0.2, -0.15) is 0 Å². The molecule has 326 valence electrons. The van der Waals surface area contributed by atoms with Crippen LogP contribution in [0.25, 0.3) is 0 Å². The monoisotopic (exact) mass is 815 g/mol. The molecule has 58 heavy (non-hydrogen) atoms. The first-order valence-electron chi connectivity index (χ1n) is 23.4. The topological polar surface area (TPSA) is 27.7 Å². The first-order chi connectivity index (χ1) is 27.1. The molecule has 0 saturated heterocycles. The summed E-state index contributed by atoms with van der Waals surface area (Å²) in [4.78, 5) is 0. The smallest absolute Gasteiger partial charge is 0.408 e. The van der Waals surface area contributed by atoms with Crippen LogP contribution in [0.5, 0.6) is 17.2 Å². The molecule has 0 radical (unpaired) electrons. The normalized spacial score (nSPS) is 12.4. The van der Waals surface area contributed by atoms with Gasteiger partial charge in [0, 0.05) is 0 Å². The van der Waals surface area contributed by atoms with E-state index in [0.29, 0.717) is 53.3 Å². The van der Waals surface area contributed by atoms with Gasteiger partial charge in [-0.15, -0.1) is 0 Å². The van der Waals surface area contributed by atoms with Crippen LogP contribution >= 0.6 is 8.60 Å². The molecule has 0 saturated carbocycles. The molecule has 0 fully saturated rings. The van der Waals surface area contributed by atoms with Gasteiger partial charge in [0.05, 0.1) is 0 Å². The van der Waals surface area contributed by atoms with E-state index in [4.69, 9.17) is 13.6 Å². The van der Waals surface area contributed by atoms with Gasteiger partial charge in [0.2, 0.25) is 0 Å². The molecule has 0 amide bonds. The van der Waals surface area contributed by atoms with Crippen LogP contribution in [0, 0.1) is 53.3 Å². The van der Waals surface area contributed by atoms with E-state index < -0.39 is 8.60 Å². The average Bonchev–Trinajstić information content (AvgIpc) is 3.03. The zero-order valence-electron chi connectivity index (χ0n) is 40.7. The molecule has 3 aromatic carbocycles. The van der Waals surface area contributed by atoms with Crippen LogP contribution in [0.4, 0.5) is 0 Å². The summed E-state index contributed by atoms with van der Waals surface area (Å²) in [5, 5.41) is 0. The Morgan fingerprint density at radius 2 is 0.431 bits per heavy atom. The predicted molar refractivity (Wildman–Crippen MR) is 255 cm³/mol. The van der Waals surface area contributed by atoms with Gasteiger partial charge in [0.1, 0.15) is 17.2 Å². The largest absolute Gasteiger partial charge is 0.530 e. The highest BCUT2D eigenvalue weighted by Gasteiger charge is 2.30. The second kappa shape index (κ2) is 23.5. The second-order valence-electron chi connectivity index (χ2n) is 21.6. The third kappa shape index (κ3) is 16.9. The van der Waals surface area contributed by atoms with Gasteiger partial charge < -0.3 is 13.6 Å². The quantitative estimate of drug-likeness (QED) is 0.0843. The maximum atomic E-state index is 7.50. The van der Waals surface area contributed by atoms with E-state index in [1.54, 1.807) is 0 Å². The minimum Gasteiger partial charge on any atom is -0.408 e. The Labute approximate surface area is 360 Å². The first kappa shape index (κ1) is 49.8. The lowest BCUT2D eigenvalue weighted by Crippen LogP contribution is -2.14. The maximum absolute atomic E-state index is 7.50. The second-order valence-corrected chi connectivity index (χ2v) is 22.6. The summed E-state index contributed by atoms with van der Waals surface area (Å²) >= 11 is 0. The van der Waals surface area contributed by atoms with Crippen LogP contribution in [-0.2, 0) is 57.8 Å². The van der Waals surface area contributed by atoms with E-state index >= 15 is 0 Å². The molecule has 0 atom stereocenters. The van der Waals surface area contributed by atoms with Gasteiger partial charge in [0.25, 0.3) is 0 Å². The van der Waals surface area contributed by atoms with Crippen LogP contribution < -0.4 is 13.6 Å². The molecule has 0 aliphatic carbocycles. The van der Waals surface area contributed by atoms with Crippen molar-refractivity contribution in [1.82, 2.24) is 0 Å². The van der Waals surface area contributed by atoms with Crippen molar-refractivity contribution >= 4 is 8.60 Å². The Morgan fingerprint density at radius 3 is 0.569 bits per heavy atom. The van der Waals surface area contributed by atoms with Crippen molar-refractivity contribution in [3.63, 3.8) is 0 Å². The summed E-state index contributed by atoms with van der Waals surface area (Å²) in [6.45, 7) is 41.8. The fourth-order valence-electron chi connectivity index (χ4n) is 8.43. The van der Waals surface area contributed by atoms with Gasteiger partial charge in [-0.3, -0.25) is 0 Å². The molecule has 0 aliphatic rings. The maximum Gasteiger partial charge on any atom is 0.530 e. The van der Waals surface area contributed by atoms with Gasteiger partial charge in [-0.25, -0.2) is 0 Å². The third-order valence-electron chi connectivity index (χ3n) is 10.1. The SMILES string of the molecule is CC(C)Cc1cc(CC(C)C)c(OP(Oc2c(CC(C)C)cc(CC(C)C)cc2CC(C)C)Oc2c(CC(C)C)cc(CC(C)C)cc2CC(C)C)c(CC(C)C)c1. The molecular formula is C54H87O3P. The van der Waals surface area contributed by atoms with Crippen molar-refractivity contribution in [2.45, 2.75) is 182 Å². The fourth-order valence-corrected chi connectivity index (χ4v) is 9.69. The molecule has 0 aliphatic heterocycles. The lowest BCUT2D eigenvalue weighted by molar-refractivity contribution is 0.372. The van der Waals surface area contributed by atoms with E-state index in [9.17, 15) is 0 Å². The summed E-state index contributed by atoms with van der Waals surface area (Å²) in [5.74, 6) is 7.49. The lowest BCUT2D eigenvalue weighted by Gasteiger charge is -2.28. The molecule has 0 spiro atoms. The Morgan fingerprint density at radius 1 is 0.276 bits per heavy atom. The molecule has 0 bridgehead atoms. The fraction of sp³-hybridized carbons (Fsp3) is 0.667. The van der Waals surface area contributed by atoms with Gasteiger partial charge in [-0.05, 0) is 161 Å². The van der Waals surface area contributed by atoms with Crippen molar-refractivity contribution in [2.75, 3.05) is 0 Å². The Hall–Kier alpha value is -2.51. The minimum absolute atomic E-state index is 0.476. The van der Waals surface area contributed by atoms with Crippen LogP contribution in [-0.4, -0.2) is 0 Å². The van der Waals surface area contributed by atoms with E-state index in [2.05, 4.69) is 161 Å². The molecule has 3 nitrogen and oxygen atoms in total. The summed E-state index contributed by atoms with van der Waals surface area (Å²) in [6.07, 6.45) is 8.81. The summed E-state index contributed by atoms with van der Waals surface area (Å²) in [6, 6.07) is 14.6. The molecule has 0 aromatic heterocycles. The first-order valence-corrected chi connectivity index (χ1v) is 24.5. The van der Waals surface area contributed by atoms with Crippen molar-refractivity contribution in [3.05, 3.63) is 86.5 Å². The Bertz CT molecular complexity index is 1400. The van der Waals surface area contributed by atoms with E-state index in [-0.39, 0.29) is 0 Å². The summed E-state index contributed by atoms with van der Waals surface area (Å²) < 4.78 is 22.5. The van der Waals surface area contributed by atoms with Crippen molar-refractivity contribution < 1.29 is 13.6 Å². The molecule has 0 unspecified atom stereocenters. The minimum atomic E-state index is -1.92. The van der Waals surface area contributed by atoms with E-state index in [0.717, 1.165) is 75.0 Å². The van der Waals surface area contributed by atoms with Crippen molar-refractivity contribution in [3.8, 4) is 17.2 Å². The molecule has 3 rings (SSSR count). The van der Waals surface area contributed by atoms with Crippen LogP contribution in [0.2, 0.25) is 0 Å². The zero-order chi connectivity index (χ0) is 43.4. The molecule has 3 aromatic rings. The molecule has 4 heteroatoms. The standard InChI is InChI=1S/C54H87O3P/c1-34(2)19-43-28-46(22-37(7)8)52(47(29-43)23-38(9)10)55-58(56-53-48(24-39(11)12)30-44(20-35(3)4)31-49(53)25-40(13)14)57-54-50(26-41(15)16)32-45(21-36(5)6)33-51(54)27-42(17)18/h28-42H,19-27H2,1-18H3. The van der Waals surface area contributed by atoms with Crippen molar-refractivity contribution in [1.29, 1.82) is 0 Å². The van der Waals surface area contributed by atoms with Crippen LogP contribution in [0.1, 0.15) is 175 Å². The number of benzene rings is 3.